The molecule has 4 nitrogen and oxygen atoms in total. The highest BCUT2D eigenvalue weighted by Gasteiger charge is 2.29. The van der Waals surface area contributed by atoms with E-state index in [1.807, 2.05) is 12.1 Å². The van der Waals surface area contributed by atoms with E-state index in [1.165, 1.54) is 0 Å². The van der Waals surface area contributed by atoms with Gasteiger partial charge in [-0.05, 0) is 46.3 Å². The van der Waals surface area contributed by atoms with Crippen LogP contribution in [0.25, 0.3) is 0 Å². The topological polar surface area (TPSA) is 42.4 Å². The first-order valence-electron chi connectivity index (χ1n) is 6.95. The van der Waals surface area contributed by atoms with Gasteiger partial charge >= 0.3 is 0 Å². The summed E-state index contributed by atoms with van der Waals surface area (Å²) in [6.45, 7) is 1.22. The van der Waals surface area contributed by atoms with Gasteiger partial charge in [0.1, 0.15) is 6.10 Å². The van der Waals surface area contributed by atoms with Crippen LogP contribution in [-0.4, -0.2) is 35.0 Å². The second-order valence-electron chi connectivity index (χ2n) is 5.08. The first kappa shape index (κ1) is 15.3. The highest BCUT2D eigenvalue weighted by Crippen LogP contribution is 2.25. The second-order valence-corrected chi connectivity index (χ2v) is 6.37. The number of pyridine rings is 1. The minimum Gasteiger partial charge on any atom is -0.472 e. The fourth-order valence-corrected chi connectivity index (χ4v) is 2.97. The van der Waals surface area contributed by atoms with Crippen molar-refractivity contribution in [3.8, 4) is 5.88 Å². The van der Waals surface area contributed by atoms with Crippen LogP contribution in [0.5, 0.6) is 5.88 Å². The zero-order valence-electron chi connectivity index (χ0n) is 11.7. The second kappa shape index (κ2) is 6.67. The lowest BCUT2D eigenvalue weighted by Gasteiger charge is -2.17. The van der Waals surface area contributed by atoms with E-state index in [4.69, 9.17) is 16.3 Å². The maximum Gasteiger partial charge on any atom is 0.254 e. The van der Waals surface area contributed by atoms with Crippen LogP contribution in [0.3, 0.4) is 0 Å². The van der Waals surface area contributed by atoms with Crippen molar-refractivity contribution < 1.29 is 9.53 Å². The Balaban J connectivity index is 1.65. The number of nitrogens with zero attached hydrogens (tertiary/aromatic N) is 2. The van der Waals surface area contributed by atoms with Crippen LogP contribution in [0.4, 0.5) is 0 Å². The first-order chi connectivity index (χ1) is 10.6. The van der Waals surface area contributed by atoms with Crippen LogP contribution in [0.1, 0.15) is 16.8 Å². The van der Waals surface area contributed by atoms with E-state index in [1.54, 1.807) is 35.4 Å². The molecule has 1 aliphatic rings. The summed E-state index contributed by atoms with van der Waals surface area (Å²) in [4.78, 5) is 18.4. The van der Waals surface area contributed by atoms with Gasteiger partial charge in [-0.15, -0.1) is 0 Å². The monoisotopic (exact) mass is 380 g/mol. The molecular weight excluding hydrogens is 368 g/mol. The molecule has 0 aliphatic carbocycles. The van der Waals surface area contributed by atoms with Crippen LogP contribution in [0.15, 0.2) is 47.1 Å². The average Bonchev–Trinajstić information content (AvgIpc) is 2.97. The van der Waals surface area contributed by atoms with Crippen molar-refractivity contribution in [2.24, 2.45) is 0 Å². The summed E-state index contributed by atoms with van der Waals surface area (Å²) < 4.78 is 6.68. The number of carbonyl (C=O) groups is 1. The van der Waals surface area contributed by atoms with E-state index in [0.29, 0.717) is 29.6 Å². The standard InChI is InChI=1S/C16H14BrClN2O2/c17-14-5-2-7-19-15(14)22-13-6-8-20(10-13)16(21)11-3-1-4-12(18)9-11/h1-5,7,9,13H,6,8,10H2/t13-/m1/s1. The molecule has 1 aromatic carbocycles. The van der Waals surface area contributed by atoms with Gasteiger partial charge in [0.25, 0.3) is 5.91 Å². The molecule has 0 saturated carbocycles. The Morgan fingerprint density at radius 3 is 3.00 bits per heavy atom. The summed E-state index contributed by atoms with van der Waals surface area (Å²) in [6, 6.07) is 10.7. The molecule has 1 fully saturated rings. The van der Waals surface area contributed by atoms with E-state index in [2.05, 4.69) is 20.9 Å². The van der Waals surface area contributed by atoms with Crippen LogP contribution in [-0.2, 0) is 0 Å². The van der Waals surface area contributed by atoms with Gasteiger partial charge in [-0.3, -0.25) is 4.79 Å². The maximum atomic E-state index is 12.5. The van der Waals surface area contributed by atoms with Crippen LogP contribution in [0, 0.1) is 0 Å². The minimum absolute atomic E-state index is 0.0197. The minimum atomic E-state index is -0.0469. The van der Waals surface area contributed by atoms with Gasteiger partial charge in [0.2, 0.25) is 5.88 Å². The van der Waals surface area contributed by atoms with Crippen LogP contribution in [0.2, 0.25) is 5.02 Å². The quantitative estimate of drug-likeness (QED) is 0.812. The molecule has 6 heteroatoms. The first-order valence-corrected chi connectivity index (χ1v) is 8.12. The Labute approximate surface area is 142 Å². The molecule has 0 N–H and O–H groups in total. The molecule has 0 spiro atoms. The number of hydrogen-bond acceptors (Lipinski definition) is 3. The Morgan fingerprint density at radius 2 is 2.23 bits per heavy atom. The zero-order chi connectivity index (χ0) is 15.5. The smallest absolute Gasteiger partial charge is 0.254 e. The van der Waals surface area contributed by atoms with E-state index < -0.39 is 0 Å². The SMILES string of the molecule is O=C(c1cccc(Cl)c1)N1CC[C@@H](Oc2ncccc2Br)C1. The molecule has 2 aromatic rings. The summed E-state index contributed by atoms with van der Waals surface area (Å²) >= 11 is 9.35. The number of rotatable bonds is 3. The lowest BCUT2D eigenvalue weighted by Crippen LogP contribution is -2.31. The Morgan fingerprint density at radius 1 is 1.36 bits per heavy atom. The number of carbonyl (C=O) groups excluding carboxylic acids is 1. The van der Waals surface area contributed by atoms with Crippen molar-refractivity contribution in [3.05, 3.63) is 57.7 Å². The summed E-state index contributed by atoms with van der Waals surface area (Å²) in [6.07, 6.45) is 2.42. The molecule has 3 rings (SSSR count). The van der Waals surface area contributed by atoms with Crippen molar-refractivity contribution in [3.63, 3.8) is 0 Å². The van der Waals surface area contributed by atoms with Crippen molar-refractivity contribution in [1.29, 1.82) is 0 Å². The maximum absolute atomic E-state index is 12.5. The van der Waals surface area contributed by atoms with Crippen LogP contribution >= 0.6 is 27.5 Å². The molecule has 0 bridgehead atoms. The van der Waals surface area contributed by atoms with E-state index in [-0.39, 0.29) is 12.0 Å². The zero-order valence-corrected chi connectivity index (χ0v) is 14.0. The van der Waals surface area contributed by atoms with E-state index in [9.17, 15) is 4.79 Å². The fraction of sp³-hybridized carbons (Fsp3) is 0.250. The van der Waals surface area contributed by atoms with Gasteiger partial charge in [-0.25, -0.2) is 4.98 Å². The van der Waals surface area contributed by atoms with Gasteiger partial charge in [0, 0.05) is 29.7 Å². The highest BCUT2D eigenvalue weighted by atomic mass is 79.9. The molecule has 1 aromatic heterocycles. The lowest BCUT2D eigenvalue weighted by atomic mass is 10.2. The van der Waals surface area contributed by atoms with E-state index in [0.717, 1.165) is 10.9 Å². The van der Waals surface area contributed by atoms with Gasteiger partial charge in [0.05, 0.1) is 11.0 Å². The molecule has 2 heterocycles. The molecular formula is C16H14BrClN2O2. The summed E-state index contributed by atoms with van der Waals surface area (Å²) in [5, 5.41) is 0.565. The number of ether oxygens (including phenoxy) is 1. The molecule has 1 aliphatic heterocycles. The van der Waals surface area contributed by atoms with Crippen LogP contribution < -0.4 is 4.74 Å². The van der Waals surface area contributed by atoms with Gasteiger partial charge in [0.15, 0.2) is 0 Å². The summed E-state index contributed by atoms with van der Waals surface area (Å²) in [7, 11) is 0. The highest BCUT2D eigenvalue weighted by molar-refractivity contribution is 9.10. The number of amides is 1. The molecule has 1 saturated heterocycles. The number of benzene rings is 1. The molecule has 1 amide bonds. The van der Waals surface area contributed by atoms with Crippen molar-refractivity contribution in [1.82, 2.24) is 9.88 Å². The Kier molecular flexibility index (Phi) is 4.64. The number of hydrogen-bond donors (Lipinski definition) is 0. The predicted molar refractivity (Wildman–Crippen MR) is 88.3 cm³/mol. The third-order valence-electron chi connectivity index (χ3n) is 3.51. The molecule has 0 radical (unpaired) electrons. The van der Waals surface area contributed by atoms with Crippen molar-refractivity contribution in [2.75, 3.05) is 13.1 Å². The average molecular weight is 382 g/mol. The number of aromatic nitrogens is 1. The fourth-order valence-electron chi connectivity index (χ4n) is 2.43. The van der Waals surface area contributed by atoms with Gasteiger partial charge in [-0.2, -0.15) is 0 Å². The number of likely N-dealkylation sites (tertiary alicyclic amines) is 1. The van der Waals surface area contributed by atoms with Crippen molar-refractivity contribution in [2.45, 2.75) is 12.5 Å². The third kappa shape index (κ3) is 3.42. The molecule has 0 unspecified atom stereocenters. The normalized spacial score (nSPS) is 17.5. The Bertz CT molecular complexity index is 695. The third-order valence-corrected chi connectivity index (χ3v) is 4.35. The van der Waals surface area contributed by atoms with Crippen molar-refractivity contribution >= 4 is 33.4 Å². The predicted octanol–water partition coefficient (Wildman–Crippen LogP) is 3.79. The number of halogens is 2. The lowest BCUT2D eigenvalue weighted by molar-refractivity contribution is 0.0771. The van der Waals surface area contributed by atoms with Gasteiger partial charge in [-0.1, -0.05) is 17.7 Å². The molecule has 22 heavy (non-hydrogen) atoms. The summed E-state index contributed by atoms with van der Waals surface area (Å²) in [5.74, 6) is 0.540. The largest absolute Gasteiger partial charge is 0.472 e. The molecule has 114 valence electrons. The summed E-state index contributed by atoms with van der Waals surface area (Å²) in [5.41, 5.74) is 0.604. The Hall–Kier alpha value is -1.59. The molecule has 1 atom stereocenters. The van der Waals surface area contributed by atoms with E-state index >= 15 is 0 Å². The van der Waals surface area contributed by atoms with Gasteiger partial charge < -0.3 is 9.64 Å².